The Bertz CT molecular complexity index is 1390. The second-order valence-corrected chi connectivity index (χ2v) is 6.68. The first-order chi connectivity index (χ1) is 12.3. The van der Waals surface area contributed by atoms with Crippen LogP contribution in [0.3, 0.4) is 0 Å². The molecule has 25 heavy (non-hydrogen) atoms. The second kappa shape index (κ2) is 4.39. The molecule has 3 aromatic heterocycles. The molecule has 0 amide bonds. The summed E-state index contributed by atoms with van der Waals surface area (Å²) < 4.78 is 4.51. The van der Waals surface area contributed by atoms with Gasteiger partial charge in [0.25, 0.3) is 0 Å². The number of para-hydroxylation sites is 2. The maximum absolute atomic E-state index is 4.78. The Balaban J connectivity index is 1.88. The fourth-order valence-electron chi connectivity index (χ4n) is 4.13. The number of aryl methyl sites for hydroxylation is 1. The highest BCUT2D eigenvalue weighted by Gasteiger charge is 2.20. The first kappa shape index (κ1) is 13.0. The number of nitrogens with zero attached hydrogens (tertiary/aromatic N) is 3. The Kier molecular flexibility index (Phi) is 2.29. The summed E-state index contributed by atoms with van der Waals surface area (Å²) in [6.45, 7) is 2.15. The van der Waals surface area contributed by atoms with Crippen LogP contribution in [0.5, 0.6) is 0 Å². The van der Waals surface area contributed by atoms with Gasteiger partial charge >= 0.3 is 0 Å². The normalized spacial score (nSPS) is 12.2. The summed E-state index contributed by atoms with van der Waals surface area (Å²) in [5, 5.41) is 3.85. The predicted molar refractivity (Wildman–Crippen MR) is 103 cm³/mol. The Hall–Kier alpha value is -3.33. The van der Waals surface area contributed by atoms with Gasteiger partial charge in [0.05, 0.1) is 16.6 Å². The van der Waals surface area contributed by atoms with E-state index < -0.39 is 0 Å². The minimum absolute atomic E-state index is 1.02. The lowest BCUT2D eigenvalue weighted by molar-refractivity contribution is 1.09. The van der Waals surface area contributed by atoms with Gasteiger partial charge in [-0.25, -0.2) is 4.98 Å². The van der Waals surface area contributed by atoms with Crippen molar-refractivity contribution < 1.29 is 0 Å². The Morgan fingerprint density at radius 3 is 2.48 bits per heavy atom. The van der Waals surface area contributed by atoms with Crippen molar-refractivity contribution in [2.24, 2.45) is 0 Å². The number of hydrogen-bond acceptors (Lipinski definition) is 1. The van der Waals surface area contributed by atoms with Crippen LogP contribution in [-0.4, -0.2) is 14.0 Å². The molecule has 0 aliphatic heterocycles. The summed E-state index contributed by atoms with van der Waals surface area (Å²) >= 11 is 0. The fourth-order valence-corrected chi connectivity index (χ4v) is 4.13. The van der Waals surface area contributed by atoms with E-state index in [-0.39, 0.29) is 0 Å². The maximum atomic E-state index is 4.78. The van der Waals surface area contributed by atoms with E-state index in [0.29, 0.717) is 0 Å². The molecule has 0 atom stereocenters. The van der Waals surface area contributed by atoms with Gasteiger partial charge < -0.3 is 0 Å². The molecule has 3 aromatic carbocycles. The van der Waals surface area contributed by atoms with E-state index in [9.17, 15) is 0 Å². The monoisotopic (exact) mass is 321 g/mol. The third-order valence-electron chi connectivity index (χ3n) is 5.19. The maximum Gasteiger partial charge on any atom is 0.164 e. The molecule has 0 spiro atoms. The van der Waals surface area contributed by atoms with Crippen LogP contribution < -0.4 is 0 Å². The van der Waals surface area contributed by atoms with Crippen LogP contribution in [0.15, 0.2) is 73.1 Å². The van der Waals surface area contributed by atoms with Crippen molar-refractivity contribution >= 4 is 38.4 Å². The molecule has 0 fully saturated rings. The van der Waals surface area contributed by atoms with Gasteiger partial charge in [-0.1, -0.05) is 48.0 Å². The van der Waals surface area contributed by atoms with Crippen molar-refractivity contribution in [3.63, 3.8) is 0 Å². The standard InChI is InChI=1S/C22H15N3/c1-14-10-11-19-18(12-14)16-8-5-9-17-20(16)25(19)22-21(17)24(13-23-22)15-6-3-2-4-7-15/h2-13H,1H3. The van der Waals surface area contributed by atoms with Gasteiger partial charge in [0.15, 0.2) is 5.65 Å². The van der Waals surface area contributed by atoms with E-state index in [4.69, 9.17) is 4.98 Å². The lowest BCUT2D eigenvalue weighted by Crippen LogP contribution is -1.90. The summed E-state index contributed by atoms with van der Waals surface area (Å²) in [5.41, 5.74) is 7.12. The summed E-state index contributed by atoms with van der Waals surface area (Å²) in [4.78, 5) is 4.78. The minimum atomic E-state index is 1.02. The second-order valence-electron chi connectivity index (χ2n) is 6.68. The van der Waals surface area contributed by atoms with Crippen molar-refractivity contribution in [1.82, 2.24) is 14.0 Å². The van der Waals surface area contributed by atoms with E-state index in [1.165, 1.54) is 38.3 Å². The molecule has 0 radical (unpaired) electrons. The molecule has 3 heterocycles. The number of benzene rings is 3. The van der Waals surface area contributed by atoms with E-state index in [1.807, 2.05) is 12.4 Å². The highest BCUT2D eigenvalue weighted by atomic mass is 15.1. The van der Waals surface area contributed by atoms with Gasteiger partial charge in [-0.3, -0.25) is 8.97 Å². The molecule has 0 saturated heterocycles. The van der Waals surface area contributed by atoms with Crippen molar-refractivity contribution in [1.29, 1.82) is 0 Å². The number of imidazole rings is 1. The van der Waals surface area contributed by atoms with Crippen LogP contribution in [0.4, 0.5) is 0 Å². The smallest absolute Gasteiger partial charge is 0.164 e. The van der Waals surface area contributed by atoms with Gasteiger partial charge in [0, 0.05) is 21.8 Å². The SMILES string of the molecule is Cc1ccc2c(c1)c1cccc3c4c(ncn4-c4ccccc4)n2c13. The Morgan fingerprint density at radius 2 is 1.60 bits per heavy atom. The van der Waals surface area contributed by atoms with Gasteiger partial charge in [-0.05, 0) is 31.2 Å². The highest BCUT2D eigenvalue weighted by Crippen LogP contribution is 2.39. The zero-order valence-corrected chi connectivity index (χ0v) is 13.8. The van der Waals surface area contributed by atoms with Gasteiger partial charge in [0.2, 0.25) is 0 Å². The summed E-state index contributed by atoms with van der Waals surface area (Å²) in [7, 11) is 0. The van der Waals surface area contributed by atoms with E-state index >= 15 is 0 Å². The van der Waals surface area contributed by atoms with Crippen LogP contribution in [0.2, 0.25) is 0 Å². The topological polar surface area (TPSA) is 22.2 Å². The lowest BCUT2D eigenvalue weighted by atomic mass is 10.1. The molecular formula is C22H15N3. The fraction of sp³-hybridized carbons (Fsp3) is 0.0455. The largest absolute Gasteiger partial charge is 0.297 e. The minimum Gasteiger partial charge on any atom is -0.297 e. The van der Waals surface area contributed by atoms with Crippen molar-refractivity contribution in [3.8, 4) is 5.69 Å². The summed E-state index contributed by atoms with van der Waals surface area (Å²) in [6, 6.07) is 23.7. The van der Waals surface area contributed by atoms with Crippen LogP contribution in [0.25, 0.3) is 44.0 Å². The van der Waals surface area contributed by atoms with Crippen LogP contribution in [0.1, 0.15) is 5.56 Å². The van der Waals surface area contributed by atoms with Crippen molar-refractivity contribution in [3.05, 3.63) is 78.6 Å². The third-order valence-corrected chi connectivity index (χ3v) is 5.19. The van der Waals surface area contributed by atoms with Crippen molar-refractivity contribution in [2.75, 3.05) is 0 Å². The molecular weight excluding hydrogens is 306 g/mol. The van der Waals surface area contributed by atoms with E-state index in [0.717, 1.165) is 11.3 Å². The third kappa shape index (κ3) is 1.53. The number of fused-ring (bicyclic) bond motifs is 6. The molecule has 6 aromatic rings. The zero-order valence-electron chi connectivity index (χ0n) is 13.8. The quantitative estimate of drug-likeness (QED) is 0.401. The number of aromatic nitrogens is 3. The Morgan fingerprint density at radius 1 is 0.760 bits per heavy atom. The average Bonchev–Trinajstić information content (AvgIpc) is 3.29. The number of hydrogen-bond donors (Lipinski definition) is 0. The van der Waals surface area contributed by atoms with E-state index in [1.54, 1.807) is 0 Å². The van der Waals surface area contributed by atoms with Gasteiger partial charge in [0.1, 0.15) is 6.33 Å². The first-order valence-corrected chi connectivity index (χ1v) is 8.50. The first-order valence-electron chi connectivity index (χ1n) is 8.50. The van der Waals surface area contributed by atoms with Gasteiger partial charge in [-0.15, -0.1) is 0 Å². The zero-order chi connectivity index (χ0) is 16.5. The summed E-state index contributed by atoms with van der Waals surface area (Å²) in [6.07, 6.45) is 1.93. The van der Waals surface area contributed by atoms with Crippen LogP contribution in [0, 0.1) is 6.92 Å². The summed E-state index contributed by atoms with van der Waals surface area (Å²) in [5.74, 6) is 0. The van der Waals surface area contributed by atoms with Crippen molar-refractivity contribution in [2.45, 2.75) is 6.92 Å². The highest BCUT2D eigenvalue weighted by molar-refractivity contribution is 6.22. The molecule has 3 heteroatoms. The molecule has 3 nitrogen and oxygen atoms in total. The molecule has 0 N–H and O–H groups in total. The van der Waals surface area contributed by atoms with Crippen LogP contribution in [-0.2, 0) is 0 Å². The van der Waals surface area contributed by atoms with Gasteiger partial charge in [-0.2, -0.15) is 0 Å². The van der Waals surface area contributed by atoms with Crippen LogP contribution >= 0.6 is 0 Å². The lowest BCUT2D eigenvalue weighted by Gasteiger charge is -2.03. The molecule has 0 bridgehead atoms. The number of rotatable bonds is 1. The Labute approximate surface area is 144 Å². The average molecular weight is 321 g/mol. The molecule has 0 aliphatic rings. The molecule has 0 unspecified atom stereocenters. The molecule has 0 saturated carbocycles. The molecule has 0 aliphatic carbocycles. The van der Waals surface area contributed by atoms with E-state index in [2.05, 4.69) is 76.6 Å². The molecule has 118 valence electrons. The predicted octanol–water partition coefficient (Wildman–Crippen LogP) is 5.33. The molecule has 6 rings (SSSR count).